The van der Waals surface area contributed by atoms with E-state index in [-0.39, 0.29) is 11.7 Å². The highest BCUT2D eigenvalue weighted by Gasteiger charge is 2.26. The number of sulfone groups is 1. The van der Waals surface area contributed by atoms with Gasteiger partial charge in [0.25, 0.3) is 0 Å². The molecule has 5 heteroatoms. The van der Waals surface area contributed by atoms with Crippen molar-refractivity contribution in [2.45, 2.75) is 18.8 Å². The predicted molar refractivity (Wildman–Crippen MR) is 59.3 cm³/mol. The second kappa shape index (κ2) is 3.81. The van der Waals surface area contributed by atoms with Crippen molar-refractivity contribution in [2.75, 3.05) is 17.2 Å². The first kappa shape index (κ1) is 10.4. The Morgan fingerprint density at radius 1 is 1.40 bits per heavy atom. The van der Waals surface area contributed by atoms with Crippen molar-refractivity contribution in [2.24, 2.45) is 0 Å². The van der Waals surface area contributed by atoms with Crippen LogP contribution in [0.5, 0.6) is 0 Å². The standard InChI is InChI=1S/C10H14N2O2S/c11-9-3-4-10(12-6-9)8-2-1-5-15(13,14)7-8/h3-4,6,8H,1-2,5,7,11H2. The molecule has 1 unspecified atom stereocenters. The monoisotopic (exact) mass is 226 g/mol. The van der Waals surface area contributed by atoms with E-state index in [1.807, 2.05) is 6.07 Å². The molecule has 15 heavy (non-hydrogen) atoms. The van der Waals surface area contributed by atoms with Crippen molar-refractivity contribution in [1.29, 1.82) is 0 Å². The fourth-order valence-electron chi connectivity index (χ4n) is 1.91. The Hall–Kier alpha value is -1.10. The van der Waals surface area contributed by atoms with Crippen LogP contribution in [0.4, 0.5) is 5.69 Å². The smallest absolute Gasteiger partial charge is 0.150 e. The van der Waals surface area contributed by atoms with Crippen LogP contribution in [-0.4, -0.2) is 24.9 Å². The number of hydrogen-bond donors (Lipinski definition) is 1. The molecule has 1 aromatic rings. The summed E-state index contributed by atoms with van der Waals surface area (Å²) in [6.45, 7) is 0. The fraction of sp³-hybridized carbons (Fsp3) is 0.500. The van der Waals surface area contributed by atoms with Crippen LogP contribution in [0, 0.1) is 0 Å². The van der Waals surface area contributed by atoms with Gasteiger partial charge in [-0.05, 0) is 25.0 Å². The van der Waals surface area contributed by atoms with Gasteiger partial charge < -0.3 is 5.73 Å². The molecule has 1 aliphatic heterocycles. The quantitative estimate of drug-likeness (QED) is 0.774. The lowest BCUT2D eigenvalue weighted by molar-refractivity contribution is 0.550. The number of nitrogen functional groups attached to an aromatic ring is 1. The van der Waals surface area contributed by atoms with Gasteiger partial charge in [-0.25, -0.2) is 8.42 Å². The average Bonchev–Trinajstić information content (AvgIpc) is 2.17. The van der Waals surface area contributed by atoms with Gasteiger partial charge in [-0.1, -0.05) is 0 Å². The number of pyridine rings is 1. The van der Waals surface area contributed by atoms with E-state index in [1.54, 1.807) is 12.3 Å². The maximum Gasteiger partial charge on any atom is 0.150 e. The molecule has 1 fully saturated rings. The average molecular weight is 226 g/mol. The number of nitrogens with zero attached hydrogens (tertiary/aromatic N) is 1. The van der Waals surface area contributed by atoms with Crippen LogP contribution in [-0.2, 0) is 9.84 Å². The highest BCUT2D eigenvalue weighted by Crippen LogP contribution is 2.26. The van der Waals surface area contributed by atoms with E-state index in [0.717, 1.165) is 18.5 Å². The van der Waals surface area contributed by atoms with Crippen LogP contribution < -0.4 is 5.73 Å². The molecule has 0 aromatic carbocycles. The van der Waals surface area contributed by atoms with Crippen molar-refractivity contribution in [3.8, 4) is 0 Å². The highest BCUT2D eigenvalue weighted by molar-refractivity contribution is 7.91. The lowest BCUT2D eigenvalue weighted by atomic mass is 10.0. The molecule has 1 saturated heterocycles. The van der Waals surface area contributed by atoms with E-state index in [9.17, 15) is 8.42 Å². The number of hydrogen-bond acceptors (Lipinski definition) is 4. The Bertz CT molecular complexity index is 439. The summed E-state index contributed by atoms with van der Waals surface area (Å²) in [6, 6.07) is 3.59. The first-order chi connectivity index (χ1) is 7.07. The highest BCUT2D eigenvalue weighted by atomic mass is 32.2. The minimum Gasteiger partial charge on any atom is -0.397 e. The summed E-state index contributed by atoms with van der Waals surface area (Å²) in [6.07, 6.45) is 3.21. The molecule has 1 aromatic heterocycles. The second-order valence-electron chi connectivity index (χ2n) is 3.97. The Labute approximate surface area is 89.4 Å². The van der Waals surface area contributed by atoms with Crippen molar-refractivity contribution in [1.82, 2.24) is 4.98 Å². The minimum atomic E-state index is -2.86. The number of nitrogens with two attached hydrogens (primary N) is 1. The summed E-state index contributed by atoms with van der Waals surface area (Å²) in [7, 11) is -2.86. The zero-order chi connectivity index (χ0) is 10.9. The normalized spacial score (nSPS) is 24.9. The molecule has 0 bridgehead atoms. The topological polar surface area (TPSA) is 73.1 Å². The maximum absolute atomic E-state index is 11.4. The molecule has 82 valence electrons. The van der Waals surface area contributed by atoms with Gasteiger partial charge in [0, 0.05) is 11.6 Å². The van der Waals surface area contributed by atoms with Crippen LogP contribution in [0.1, 0.15) is 24.5 Å². The molecule has 2 rings (SSSR count). The van der Waals surface area contributed by atoms with Crippen molar-refractivity contribution < 1.29 is 8.42 Å². The molecule has 0 aliphatic carbocycles. The van der Waals surface area contributed by atoms with Gasteiger partial charge in [-0.3, -0.25) is 4.98 Å². The Morgan fingerprint density at radius 3 is 2.80 bits per heavy atom. The van der Waals surface area contributed by atoms with E-state index in [4.69, 9.17) is 5.73 Å². The third-order valence-electron chi connectivity index (χ3n) is 2.69. The molecule has 4 nitrogen and oxygen atoms in total. The summed E-state index contributed by atoms with van der Waals surface area (Å²) in [5.41, 5.74) is 6.98. The number of aromatic nitrogens is 1. The predicted octanol–water partition coefficient (Wildman–Crippen LogP) is 0.956. The van der Waals surface area contributed by atoms with Crippen molar-refractivity contribution in [3.05, 3.63) is 24.0 Å². The molecular formula is C10H14N2O2S. The van der Waals surface area contributed by atoms with E-state index in [0.29, 0.717) is 11.4 Å². The summed E-state index contributed by atoms with van der Waals surface area (Å²) < 4.78 is 22.9. The number of anilines is 1. The first-order valence-corrected chi connectivity index (χ1v) is 6.81. The first-order valence-electron chi connectivity index (χ1n) is 4.99. The molecule has 2 N–H and O–H groups in total. The Kier molecular flexibility index (Phi) is 2.65. The third kappa shape index (κ3) is 2.47. The van der Waals surface area contributed by atoms with E-state index < -0.39 is 9.84 Å². The van der Waals surface area contributed by atoms with Crippen LogP contribution in [0.3, 0.4) is 0 Å². The summed E-state index contributed by atoms with van der Waals surface area (Å²) in [5.74, 6) is 0.590. The fourth-order valence-corrected chi connectivity index (χ4v) is 3.64. The molecule has 0 amide bonds. The molecule has 0 spiro atoms. The van der Waals surface area contributed by atoms with Gasteiger partial charge in [-0.15, -0.1) is 0 Å². The van der Waals surface area contributed by atoms with Crippen LogP contribution >= 0.6 is 0 Å². The summed E-state index contributed by atoms with van der Waals surface area (Å²) in [5, 5.41) is 0. The zero-order valence-corrected chi connectivity index (χ0v) is 9.20. The Balaban J connectivity index is 2.21. The lowest BCUT2D eigenvalue weighted by Crippen LogP contribution is -2.24. The maximum atomic E-state index is 11.4. The van der Waals surface area contributed by atoms with Crippen molar-refractivity contribution >= 4 is 15.5 Å². The second-order valence-corrected chi connectivity index (χ2v) is 6.20. The van der Waals surface area contributed by atoms with Gasteiger partial charge in [0.15, 0.2) is 9.84 Å². The summed E-state index contributed by atoms with van der Waals surface area (Å²) >= 11 is 0. The minimum absolute atomic E-state index is 0.0457. The van der Waals surface area contributed by atoms with Crippen molar-refractivity contribution in [3.63, 3.8) is 0 Å². The van der Waals surface area contributed by atoms with Gasteiger partial charge in [0.05, 0.1) is 23.4 Å². The molecule has 0 saturated carbocycles. The Morgan fingerprint density at radius 2 is 2.20 bits per heavy atom. The van der Waals surface area contributed by atoms with Crippen LogP contribution in [0.25, 0.3) is 0 Å². The van der Waals surface area contributed by atoms with Crippen LogP contribution in [0.2, 0.25) is 0 Å². The zero-order valence-electron chi connectivity index (χ0n) is 8.39. The molecule has 2 heterocycles. The third-order valence-corrected chi connectivity index (χ3v) is 4.51. The SMILES string of the molecule is Nc1ccc(C2CCCS(=O)(=O)C2)nc1. The van der Waals surface area contributed by atoms with Gasteiger partial charge >= 0.3 is 0 Å². The molecule has 1 atom stereocenters. The largest absolute Gasteiger partial charge is 0.397 e. The van der Waals surface area contributed by atoms with E-state index >= 15 is 0 Å². The van der Waals surface area contributed by atoms with E-state index in [1.165, 1.54) is 0 Å². The van der Waals surface area contributed by atoms with E-state index in [2.05, 4.69) is 4.98 Å². The number of rotatable bonds is 1. The van der Waals surface area contributed by atoms with Gasteiger partial charge in [-0.2, -0.15) is 0 Å². The molecule has 0 radical (unpaired) electrons. The van der Waals surface area contributed by atoms with Crippen LogP contribution in [0.15, 0.2) is 18.3 Å². The molecular weight excluding hydrogens is 212 g/mol. The molecule has 1 aliphatic rings. The van der Waals surface area contributed by atoms with Gasteiger partial charge in [0.1, 0.15) is 0 Å². The van der Waals surface area contributed by atoms with Gasteiger partial charge in [0.2, 0.25) is 0 Å². The summed E-state index contributed by atoms with van der Waals surface area (Å²) in [4.78, 5) is 4.18. The lowest BCUT2D eigenvalue weighted by Gasteiger charge is -2.21.